The van der Waals surface area contributed by atoms with Crippen molar-refractivity contribution in [2.24, 2.45) is 17.6 Å². The fourth-order valence-electron chi connectivity index (χ4n) is 3.28. The Bertz CT molecular complexity index is 391. The van der Waals surface area contributed by atoms with Gasteiger partial charge in [0.25, 0.3) is 10.2 Å². The summed E-state index contributed by atoms with van der Waals surface area (Å²) in [6.45, 7) is 4.15. The Morgan fingerprint density at radius 2 is 1.80 bits per heavy atom. The maximum atomic E-state index is 12.4. The van der Waals surface area contributed by atoms with Gasteiger partial charge in [-0.1, -0.05) is 19.8 Å². The van der Waals surface area contributed by atoms with E-state index in [0.717, 1.165) is 44.4 Å². The van der Waals surface area contributed by atoms with E-state index in [-0.39, 0.29) is 6.04 Å². The molecule has 0 spiro atoms. The molecule has 1 saturated carbocycles. The number of nitrogens with one attached hydrogen (secondary N) is 1. The second-order valence-electron chi connectivity index (χ2n) is 6.51. The van der Waals surface area contributed by atoms with Crippen molar-refractivity contribution in [1.29, 1.82) is 0 Å². The zero-order chi connectivity index (χ0) is 14.6. The number of nitrogens with zero attached hydrogens (tertiary/aromatic N) is 1. The molecular formula is C14H29N3O2S. The molecule has 1 saturated heterocycles. The third-order valence-corrected chi connectivity index (χ3v) is 6.50. The number of hydrogen-bond donors (Lipinski definition) is 2. The Balaban J connectivity index is 1.87. The van der Waals surface area contributed by atoms with E-state index >= 15 is 0 Å². The van der Waals surface area contributed by atoms with E-state index in [1.165, 1.54) is 6.42 Å². The van der Waals surface area contributed by atoms with Gasteiger partial charge in [0.2, 0.25) is 0 Å². The van der Waals surface area contributed by atoms with Gasteiger partial charge >= 0.3 is 0 Å². The van der Waals surface area contributed by atoms with Gasteiger partial charge in [-0.15, -0.1) is 0 Å². The predicted molar refractivity (Wildman–Crippen MR) is 81.4 cm³/mol. The van der Waals surface area contributed by atoms with E-state index < -0.39 is 10.2 Å². The normalized spacial score (nSPS) is 31.1. The van der Waals surface area contributed by atoms with Crippen molar-refractivity contribution in [3.05, 3.63) is 0 Å². The lowest BCUT2D eigenvalue weighted by Crippen LogP contribution is -2.48. The SMILES string of the molecule is CC1CCCC(NS(=O)(=O)N2CCC(CN)CC2)CC1. The molecule has 118 valence electrons. The van der Waals surface area contributed by atoms with E-state index in [1.54, 1.807) is 4.31 Å². The Morgan fingerprint density at radius 3 is 2.45 bits per heavy atom. The molecule has 0 amide bonds. The molecule has 0 bridgehead atoms. The van der Waals surface area contributed by atoms with Gasteiger partial charge in [-0.25, -0.2) is 0 Å². The van der Waals surface area contributed by atoms with Crippen LogP contribution in [0.5, 0.6) is 0 Å². The summed E-state index contributed by atoms with van der Waals surface area (Å²) in [4.78, 5) is 0. The minimum absolute atomic E-state index is 0.122. The molecule has 1 aliphatic heterocycles. The highest BCUT2D eigenvalue weighted by atomic mass is 32.2. The Morgan fingerprint density at radius 1 is 1.10 bits per heavy atom. The van der Waals surface area contributed by atoms with Crippen LogP contribution in [0.1, 0.15) is 51.9 Å². The van der Waals surface area contributed by atoms with Gasteiger partial charge in [-0.05, 0) is 50.5 Å². The lowest BCUT2D eigenvalue weighted by molar-refractivity contribution is 0.273. The first-order valence-corrected chi connectivity index (χ1v) is 9.42. The molecule has 2 aliphatic rings. The molecule has 2 fully saturated rings. The Kier molecular flexibility index (Phi) is 5.84. The summed E-state index contributed by atoms with van der Waals surface area (Å²) in [7, 11) is -3.31. The van der Waals surface area contributed by atoms with Gasteiger partial charge in [-0.3, -0.25) is 0 Å². The molecule has 2 rings (SSSR count). The van der Waals surface area contributed by atoms with Crippen molar-refractivity contribution >= 4 is 10.2 Å². The summed E-state index contributed by atoms with van der Waals surface area (Å²) in [6, 6.07) is 0.122. The maximum absolute atomic E-state index is 12.4. The van der Waals surface area contributed by atoms with Crippen molar-refractivity contribution < 1.29 is 8.42 Å². The van der Waals surface area contributed by atoms with Gasteiger partial charge < -0.3 is 5.73 Å². The van der Waals surface area contributed by atoms with E-state index in [1.807, 2.05) is 0 Å². The highest BCUT2D eigenvalue weighted by Crippen LogP contribution is 2.24. The largest absolute Gasteiger partial charge is 0.330 e. The molecule has 0 aromatic rings. The molecule has 6 heteroatoms. The number of hydrogen-bond acceptors (Lipinski definition) is 3. The van der Waals surface area contributed by atoms with Gasteiger partial charge in [0, 0.05) is 19.1 Å². The van der Waals surface area contributed by atoms with Crippen LogP contribution in [0.2, 0.25) is 0 Å². The van der Waals surface area contributed by atoms with Crippen LogP contribution in [0.15, 0.2) is 0 Å². The third kappa shape index (κ3) is 4.41. The molecule has 0 aromatic heterocycles. The molecule has 2 unspecified atom stereocenters. The summed E-state index contributed by atoms with van der Waals surface area (Å²) >= 11 is 0. The molecule has 1 aliphatic carbocycles. The standard InChI is InChI=1S/C14H29N3O2S/c1-12-3-2-4-14(6-5-12)16-20(18,19)17-9-7-13(11-15)8-10-17/h12-14,16H,2-11,15H2,1H3. The van der Waals surface area contributed by atoms with Crippen LogP contribution in [-0.2, 0) is 10.2 Å². The highest BCUT2D eigenvalue weighted by molar-refractivity contribution is 7.87. The van der Waals surface area contributed by atoms with E-state index in [0.29, 0.717) is 25.6 Å². The average Bonchev–Trinajstić information content (AvgIpc) is 2.63. The number of rotatable bonds is 4. The Hall–Kier alpha value is -0.170. The molecular weight excluding hydrogens is 274 g/mol. The monoisotopic (exact) mass is 303 g/mol. The van der Waals surface area contributed by atoms with E-state index in [9.17, 15) is 8.42 Å². The zero-order valence-electron chi connectivity index (χ0n) is 12.6. The quantitative estimate of drug-likeness (QED) is 0.772. The highest BCUT2D eigenvalue weighted by Gasteiger charge is 2.29. The van der Waals surface area contributed by atoms with Crippen LogP contribution in [0.3, 0.4) is 0 Å². The Labute approximate surface area is 123 Å². The minimum Gasteiger partial charge on any atom is -0.330 e. The fourth-order valence-corrected chi connectivity index (χ4v) is 4.77. The lowest BCUT2D eigenvalue weighted by Gasteiger charge is -2.31. The van der Waals surface area contributed by atoms with E-state index in [2.05, 4.69) is 11.6 Å². The van der Waals surface area contributed by atoms with Crippen LogP contribution < -0.4 is 10.5 Å². The van der Waals surface area contributed by atoms with Crippen LogP contribution in [0, 0.1) is 11.8 Å². The van der Waals surface area contributed by atoms with Gasteiger partial charge in [0.1, 0.15) is 0 Å². The van der Waals surface area contributed by atoms with Crippen LogP contribution >= 0.6 is 0 Å². The minimum atomic E-state index is -3.31. The number of nitrogens with two attached hydrogens (primary N) is 1. The predicted octanol–water partition coefficient (Wildman–Crippen LogP) is 1.46. The van der Waals surface area contributed by atoms with Crippen LogP contribution in [0.25, 0.3) is 0 Å². The third-order valence-electron chi connectivity index (χ3n) is 4.82. The van der Waals surface area contributed by atoms with Crippen molar-refractivity contribution in [2.45, 2.75) is 57.9 Å². The molecule has 3 N–H and O–H groups in total. The van der Waals surface area contributed by atoms with Gasteiger partial charge in [0.15, 0.2) is 0 Å². The average molecular weight is 303 g/mol. The topological polar surface area (TPSA) is 75.4 Å². The van der Waals surface area contributed by atoms with Gasteiger partial charge in [0.05, 0.1) is 0 Å². The molecule has 1 heterocycles. The van der Waals surface area contributed by atoms with Gasteiger partial charge in [-0.2, -0.15) is 17.4 Å². The summed E-state index contributed by atoms with van der Waals surface area (Å²) in [6.07, 6.45) is 7.20. The summed E-state index contributed by atoms with van der Waals surface area (Å²) in [5.74, 6) is 1.21. The van der Waals surface area contributed by atoms with Crippen LogP contribution in [0.4, 0.5) is 0 Å². The molecule has 5 nitrogen and oxygen atoms in total. The van der Waals surface area contributed by atoms with Crippen molar-refractivity contribution in [2.75, 3.05) is 19.6 Å². The first-order valence-electron chi connectivity index (χ1n) is 7.98. The number of piperidine rings is 1. The lowest BCUT2D eigenvalue weighted by atomic mass is 9.99. The van der Waals surface area contributed by atoms with E-state index in [4.69, 9.17) is 5.73 Å². The summed E-state index contributed by atoms with van der Waals surface area (Å²) in [5.41, 5.74) is 5.65. The molecule has 0 radical (unpaired) electrons. The van der Waals surface area contributed by atoms with Crippen molar-refractivity contribution in [1.82, 2.24) is 9.03 Å². The maximum Gasteiger partial charge on any atom is 0.279 e. The second kappa shape index (κ2) is 7.20. The first kappa shape index (κ1) is 16.2. The first-order chi connectivity index (χ1) is 9.51. The smallest absolute Gasteiger partial charge is 0.279 e. The molecule has 2 atom stereocenters. The summed E-state index contributed by atoms with van der Waals surface area (Å²) in [5, 5.41) is 0. The second-order valence-corrected chi connectivity index (χ2v) is 8.21. The molecule has 0 aromatic carbocycles. The van der Waals surface area contributed by atoms with Crippen molar-refractivity contribution in [3.63, 3.8) is 0 Å². The van der Waals surface area contributed by atoms with Crippen molar-refractivity contribution in [3.8, 4) is 0 Å². The molecule has 20 heavy (non-hydrogen) atoms. The van der Waals surface area contributed by atoms with Crippen LogP contribution in [-0.4, -0.2) is 38.4 Å². The fraction of sp³-hybridized carbons (Fsp3) is 1.00. The summed E-state index contributed by atoms with van der Waals surface area (Å²) < 4.78 is 29.4. The zero-order valence-corrected chi connectivity index (χ0v) is 13.4.